The summed E-state index contributed by atoms with van der Waals surface area (Å²) < 4.78 is 5.16. The molecular weight excluding hydrogens is 441 g/mol. The summed E-state index contributed by atoms with van der Waals surface area (Å²) in [6.07, 6.45) is 0.533. The molecule has 24 heavy (non-hydrogen) atoms. The Morgan fingerprint density at radius 3 is 2.50 bits per heavy atom. The summed E-state index contributed by atoms with van der Waals surface area (Å²) >= 11 is 1.67. The number of carbonyl (C=O) groups excluding carboxylic acids is 1. The number of hydrogen-bond acceptors (Lipinski definition) is 5. The molecule has 0 bridgehead atoms. The fraction of sp³-hybridized carbons (Fsp3) is 0.667. The summed E-state index contributed by atoms with van der Waals surface area (Å²) in [4.78, 5) is 20.1. The van der Waals surface area contributed by atoms with Crippen molar-refractivity contribution in [3.8, 4) is 0 Å². The van der Waals surface area contributed by atoms with Crippen molar-refractivity contribution in [2.45, 2.75) is 46.3 Å². The molecule has 1 rings (SSSR count). The van der Waals surface area contributed by atoms with Crippen LogP contribution in [0.4, 0.5) is 4.79 Å². The minimum Gasteiger partial charge on any atom is -0.444 e. The van der Waals surface area contributed by atoms with E-state index in [0.29, 0.717) is 25.6 Å². The van der Waals surface area contributed by atoms with Crippen molar-refractivity contribution >= 4 is 47.4 Å². The van der Waals surface area contributed by atoms with Crippen LogP contribution in [0.3, 0.4) is 0 Å². The SMILES string of the molecule is CCc1nc(CNC(=NC)NCCNC(=O)OC(C)(C)C)cs1.I. The lowest BCUT2D eigenvalue weighted by Crippen LogP contribution is -2.42. The van der Waals surface area contributed by atoms with Crippen molar-refractivity contribution in [2.75, 3.05) is 20.1 Å². The maximum atomic E-state index is 11.5. The van der Waals surface area contributed by atoms with Gasteiger partial charge in [0.2, 0.25) is 0 Å². The number of halogens is 1. The average molecular weight is 469 g/mol. The molecule has 0 aliphatic rings. The predicted octanol–water partition coefficient (Wildman–Crippen LogP) is 2.51. The number of carbonyl (C=O) groups is 1. The smallest absolute Gasteiger partial charge is 0.407 e. The van der Waals surface area contributed by atoms with Crippen LogP contribution in [-0.4, -0.2) is 42.8 Å². The molecule has 0 atom stereocenters. The van der Waals surface area contributed by atoms with Gasteiger partial charge in [-0.25, -0.2) is 9.78 Å². The van der Waals surface area contributed by atoms with E-state index in [1.165, 1.54) is 0 Å². The van der Waals surface area contributed by atoms with Crippen LogP contribution in [0.15, 0.2) is 10.4 Å². The molecule has 1 aromatic heterocycles. The first-order chi connectivity index (χ1) is 10.8. The fourth-order valence-corrected chi connectivity index (χ4v) is 2.39. The van der Waals surface area contributed by atoms with Gasteiger partial charge in [-0.1, -0.05) is 6.92 Å². The largest absolute Gasteiger partial charge is 0.444 e. The number of alkyl carbamates (subject to hydrolysis) is 1. The van der Waals surface area contributed by atoms with Crippen LogP contribution in [0.1, 0.15) is 38.4 Å². The second-order valence-corrected chi connectivity index (χ2v) is 6.81. The van der Waals surface area contributed by atoms with Crippen molar-refractivity contribution in [2.24, 2.45) is 4.99 Å². The van der Waals surface area contributed by atoms with Gasteiger partial charge in [0, 0.05) is 25.5 Å². The maximum Gasteiger partial charge on any atom is 0.407 e. The van der Waals surface area contributed by atoms with Crippen LogP contribution in [0, 0.1) is 0 Å². The Morgan fingerprint density at radius 2 is 1.96 bits per heavy atom. The topological polar surface area (TPSA) is 87.6 Å². The first kappa shape index (κ1) is 22.9. The zero-order valence-electron chi connectivity index (χ0n) is 14.9. The van der Waals surface area contributed by atoms with Crippen molar-refractivity contribution in [3.05, 3.63) is 16.1 Å². The number of ether oxygens (including phenoxy) is 1. The molecule has 0 aliphatic heterocycles. The summed E-state index contributed by atoms with van der Waals surface area (Å²) in [7, 11) is 1.70. The van der Waals surface area contributed by atoms with Gasteiger partial charge in [-0.15, -0.1) is 35.3 Å². The van der Waals surface area contributed by atoms with Crippen LogP contribution in [-0.2, 0) is 17.7 Å². The summed E-state index contributed by atoms with van der Waals surface area (Å²) in [5.41, 5.74) is 0.515. The van der Waals surface area contributed by atoms with Crippen LogP contribution in [0.2, 0.25) is 0 Å². The molecule has 0 aromatic carbocycles. The second kappa shape index (κ2) is 11.5. The molecule has 0 radical (unpaired) electrons. The lowest BCUT2D eigenvalue weighted by Gasteiger charge is -2.19. The van der Waals surface area contributed by atoms with E-state index in [-0.39, 0.29) is 24.0 Å². The standard InChI is InChI=1S/C15H27N5O2S.HI/c1-6-12-20-11(10-23-12)9-19-13(16-5)17-7-8-18-14(21)22-15(2,3)4;/h10H,6-9H2,1-5H3,(H,18,21)(H2,16,17,19);1H. The van der Waals surface area contributed by atoms with Gasteiger partial charge in [0.15, 0.2) is 5.96 Å². The first-order valence-corrected chi connectivity index (χ1v) is 8.56. The lowest BCUT2D eigenvalue weighted by atomic mass is 10.2. The average Bonchev–Trinajstić information content (AvgIpc) is 2.92. The third-order valence-electron chi connectivity index (χ3n) is 2.65. The zero-order chi connectivity index (χ0) is 17.3. The summed E-state index contributed by atoms with van der Waals surface area (Å²) in [6.45, 7) is 9.21. The van der Waals surface area contributed by atoms with E-state index in [4.69, 9.17) is 4.74 Å². The molecule has 0 fully saturated rings. The number of guanidine groups is 1. The highest BCUT2D eigenvalue weighted by Crippen LogP contribution is 2.09. The molecule has 3 N–H and O–H groups in total. The van der Waals surface area contributed by atoms with Gasteiger partial charge in [0.1, 0.15) is 5.60 Å². The molecule has 0 spiro atoms. The Bertz CT molecular complexity index is 528. The molecule has 0 unspecified atom stereocenters. The highest BCUT2D eigenvalue weighted by Gasteiger charge is 2.15. The van der Waals surface area contributed by atoms with Crippen molar-refractivity contribution in [3.63, 3.8) is 0 Å². The zero-order valence-corrected chi connectivity index (χ0v) is 18.1. The molecule has 1 heterocycles. The number of rotatable bonds is 6. The van der Waals surface area contributed by atoms with Crippen LogP contribution in [0.25, 0.3) is 0 Å². The summed E-state index contributed by atoms with van der Waals surface area (Å²) in [5.74, 6) is 0.669. The highest BCUT2D eigenvalue weighted by molar-refractivity contribution is 14.0. The Hall–Kier alpha value is -1.10. The molecule has 138 valence electrons. The van der Waals surface area contributed by atoms with Gasteiger partial charge in [-0.2, -0.15) is 0 Å². The van der Waals surface area contributed by atoms with E-state index >= 15 is 0 Å². The first-order valence-electron chi connectivity index (χ1n) is 7.68. The lowest BCUT2D eigenvalue weighted by molar-refractivity contribution is 0.0529. The minimum atomic E-state index is -0.486. The number of aryl methyl sites for hydroxylation is 1. The van der Waals surface area contributed by atoms with Crippen molar-refractivity contribution in [1.29, 1.82) is 0 Å². The van der Waals surface area contributed by atoms with E-state index in [1.54, 1.807) is 18.4 Å². The Labute approximate surface area is 165 Å². The molecule has 0 aliphatic carbocycles. The molecule has 1 aromatic rings. The van der Waals surface area contributed by atoms with E-state index in [2.05, 4.69) is 32.9 Å². The van der Waals surface area contributed by atoms with E-state index < -0.39 is 11.7 Å². The summed E-state index contributed by atoms with van der Waals surface area (Å²) in [6, 6.07) is 0. The van der Waals surface area contributed by atoms with Gasteiger partial charge in [0.05, 0.1) is 17.2 Å². The van der Waals surface area contributed by atoms with Gasteiger partial charge in [-0.3, -0.25) is 4.99 Å². The minimum absolute atomic E-state index is 0. The predicted molar refractivity (Wildman–Crippen MR) is 109 cm³/mol. The Morgan fingerprint density at radius 1 is 1.29 bits per heavy atom. The van der Waals surface area contributed by atoms with Gasteiger partial charge < -0.3 is 20.7 Å². The third-order valence-corrected chi connectivity index (χ3v) is 3.69. The second-order valence-electron chi connectivity index (χ2n) is 5.87. The number of amides is 1. The number of nitrogens with one attached hydrogen (secondary N) is 3. The van der Waals surface area contributed by atoms with E-state index in [1.807, 2.05) is 26.2 Å². The van der Waals surface area contributed by atoms with Crippen molar-refractivity contribution < 1.29 is 9.53 Å². The Balaban J connectivity index is 0.00000529. The number of aliphatic imine (C=N–C) groups is 1. The van der Waals surface area contributed by atoms with Gasteiger partial charge in [0.25, 0.3) is 0 Å². The van der Waals surface area contributed by atoms with Crippen molar-refractivity contribution in [1.82, 2.24) is 20.9 Å². The fourth-order valence-electron chi connectivity index (χ4n) is 1.65. The van der Waals surface area contributed by atoms with E-state index in [0.717, 1.165) is 17.1 Å². The monoisotopic (exact) mass is 469 g/mol. The van der Waals surface area contributed by atoms with Crippen LogP contribution in [0.5, 0.6) is 0 Å². The number of hydrogen-bond donors (Lipinski definition) is 3. The van der Waals surface area contributed by atoms with Gasteiger partial charge in [-0.05, 0) is 27.2 Å². The van der Waals surface area contributed by atoms with Gasteiger partial charge >= 0.3 is 6.09 Å². The van der Waals surface area contributed by atoms with E-state index in [9.17, 15) is 4.79 Å². The summed E-state index contributed by atoms with van der Waals surface area (Å²) in [5, 5.41) is 12.2. The Kier molecular flexibility index (Phi) is 10.9. The maximum absolute atomic E-state index is 11.5. The molecule has 7 nitrogen and oxygen atoms in total. The molecule has 1 amide bonds. The van der Waals surface area contributed by atoms with Crippen LogP contribution < -0.4 is 16.0 Å². The normalized spacial score (nSPS) is 11.5. The molecule has 0 saturated carbocycles. The van der Waals surface area contributed by atoms with Crippen LogP contribution >= 0.6 is 35.3 Å². The highest BCUT2D eigenvalue weighted by atomic mass is 127. The third kappa shape index (κ3) is 9.91. The molecule has 9 heteroatoms. The number of nitrogens with zero attached hydrogens (tertiary/aromatic N) is 2. The number of aromatic nitrogens is 1. The quantitative estimate of drug-likeness (QED) is 0.258. The number of thiazole rings is 1. The molecular formula is C15H28IN5O2S. The molecule has 0 saturated heterocycles.